The Kier molecular flexibility index (Phi) is 42.6. The van der Waals surface area contributed by atoms with Crippen molar-refractivity contribution in [3.63, 3.8) is 0 Å². The van der Waals surface area contributed by atoms with Gasteiger partial charge in [-0.1, -0.05) is 177 Å². The van der Waals surface area contributed by atoms with E-state index in [9.17, 15) is 35.1 Å². The predicted octanol–water partition coefficient (Wildman–Crippen LogP) is 11.5. The fourth-order valence-electron chi connectivity index (χ4n) is 7.99. The van der Waals surface area contributed by atoms with E-state index in [1.54, 1.807) is 6.08 Å². The molecule has 1 rings (SSSR count). The molecule has 7 atom stereocenters. The van der Waals surface area contributed by atoms with Gasteiger partial charge in [-0.05, 0) is 89.9 Å². The summed E-state index contributed by atoms with van der Waals surface area (Å²) in [6.45, 7) is 4.17. The second-order valence-corrected chi connectivity index (χ2v) is 18.6. The smallest absolute Gasteiger partial charge is 0.305 e. The second-order valence-electron chi connectivity index (χ2n) is 18.6. The quantitative estimate of drug-likeness (QED) is 0.0149. The van der Waals surface area contributed by atoms with Crippen molar-refractivity contribution in [3.8, 4) is 0 Å². The molecule has 388 valence electrons. The number of amides is 1. The molecular formula is C56H99NO10. The van der Waals surface area contributed by atoms with Crippen molar-refractivity contribution >= 4 is 11.9 Å². The molecule has 7 unspecified atom stereocenters. The molecule has 1 saturated heterocycles. The summed E-state index contributed by atoms with van der Waals surface area (Å²) in [6.07, 6.45) is 47.3. The van der Waals surface area contributed by atoms with Crippen molar-refractivity contribution in [1.29, 1.82) is 0 Å². The molecule has 0 aliphatic carbocycles. The second kappa shape index (κ2) is 45.8. The molecule has 67 heavy (non-hydrogen) atoms. The molecule has 11 heteroatoms. The highest BCUT2D eigenvalue weighted by molar-refractivity contribution is 5.76. The molecule has 0 saturated carbocycles. The highest BCUT2D eigenvalue weighted by Gasteiger charge is 2.44. The highest BCUT2D eigenvalue weighted by Crippen LogP contribution is 2.23. The Bertz CT molecular complexity index is 1300. The van der Waals surface area contributed by atoms with Crippen LogP contribution in [-0.4, -0.2) is 100 Å². The predicted molar refractivity (Wildman–Crippen MR) is 273 cm³/mol. The Morgan fingerprint density at radius 3 is 1.66 bits per heavy atom. The Balaban J connectivity index is 2.18. The number of ether oxygens (including phenoxy) is 3. The summed E-state index contributed by atoms with van der Waals surface area (Å²) in [4.78, 5) is 25.0. The van der Waals surface area contributed by atoms with Gasteiger partial charge in [0.15, 0.2) is 6.29 Å². The topological polar surface area (TPSA) is 175 Å². The van der Waals surface area contributed by atoms with Crippen LogP contribution in [0.1, 0.15) is 219 Å². The van der Waals surface area contributed by atoms with E-state index in [1.165, 1.54) is 77.0 Å². The number of allylic oxidation sites excluding steroid dienone is 9. The van der Waals surface area contributed by atoms with Gasteiger partial charge >= 0.3 is 5.97 Å². The van der Waals surface area contributed by atoms with Crippen molar-refractivity contribution < 1.29 is 49.3 Å². The average molecular weight is 946 g/mol. The molecule has 1 amide bonds. The summed E-state index contributed by atoms with van der Waals surface area (Å²) in [5.74, 6) is -0.265. The molecule has 0 spiro atoms. The number of nitrogens with one attached hydrogen (secondary N) is 1. The van der Waals surface area contributed by atoms with Gasteiger partial charge in [0.05, 0.1) is 32.0 Å². The third-order valence-corrected chi connectivity index (χ3v) is 12.4. The van der Waals surface area contributed by atoms with E-state index in [4.69, 9.17) is 14.2 Å². The Labute approximate surface area is 408 Å². The zero-order chi connectivity index (χ0) is 48.8. The molecule has 1 aliphatic heterocycles. The largest absolute Gasteiger partial charge is 0.466 e. The molecule has 0 aromatic rings. The Hall–Kier alpha value is -2.64. The molecule has 0 aromatic heterocycles. The standard InChI is InChI=1S/C56H99NO10/c1-3-5-7-9-11-13-15-19-24-28-32-36-40-44-52(61)65-45-41-37-33-29-25-21-18-16-17-20-23-27-31-35-39-43-51(60)57-48(47-66-56-55(64)54(63)53(62)50(46-58)67-56)49(59)42-38-34-30-26-22-14-12-10-8-6-4-2/h7,9,13,15-16,18,21,25,38,42,48-50,53-56,58-59,62-64H,3-6,8,10-12,14,17,19-20,22-24,26-37,39-41,43-47H2,1-2H3,(H,57,60)/b9-7-,15-13-,18-16-,25-21-,42-38+. The van der Waals surface area contributed by atoms with Crippen LogP contribution in [0.25, 0.3) is 0 Å². The first-order valence-electron chi connectivity index (χ1n) is 27.1. The zero-order valence-electron chi connectivity index (χ0n) is 42.3. The number of carbonyl (C=O) groups is 2. The summed E-state index contributed by atoms with van der Waals surface area (Å²) < 4.78 is 16.6. The molecule has 11 nitrogen and oxygen atoms in total. The number of hydrogen-bond donors (Lipinski definition) is 6. The van der Waals surface area contributed by atoms with Crippen LogP contribution in [-0.2, 0) is 23.8 Å². The number of aliphatic hydroxyl groups excluding tert-OH is 5. The van der Waals surface area contributed by atoms with Gasteiger partial charge in [-0.15, -0.1) is 0 Å². The van der Waals surface area contributed by atoms with Gasteiger partial charge in [0, 0.05) is 12.8 Å². The van der Waals surface area contributed by atoms with Crippen LogP contribution >= 0.6 is 0 Å². The van der Waals surface area contributed by atoms with Crippen LogP contribution in [0.5, 0.6) is 0 Å². The summed E-state index contributed by atoms with van der Waals surface area (Å²) in [5.41, 5.74) is 0. The minimum Gasteiger partial charge on any atom is -0.466 e. The lowest BCUT2D eigenvalue weighted by Gasteiger charge is -2.40. The molecule has 6 N–H and O–H groups in total. The summed E-state index contributed by atoms with van der Waals surface area (Å²) in [5, 5.41) is 54.2. The van der Waals surface area contributed by atoms with Crippen LogP contribution < -0.4 is 5.32 Å². The van der Waals surface area contributed by atoms with Crippen molar-refractivity contribution in [2.75, 3.05) is 19.8 Å². The van der Waals surface area contributed by atoms with E-state index < -0.39 is 49.5 Å². The van der Waals surface area contributed by atoms with E-state index >= 15 is 0 Å². The minimum atomic E-state index is -1.58. The molecule has 1 fully saturated rings. The number of esters is 1. The summed E-state index contributed by atoms with van der Waals surface area (Å²) in [6, 6.07) is -0.827. The maximum atomic E-state index is 13.0. The average Bonchev–Trinajstić information content (AvgIpc) is 3.32. The van der Waals surface area contributed by atoms with E-state index in [0.717, 1.165) is 116 Å². The molecule has 1 heterocycles. The number of carbonyl (C=O) groups excluding carboxylic acids is 2. The number of aliphatic hydroxyl groups is 5. The third kappa shape index (κ3) is 36.0. The van der Waals surface area contributed by atoms with Gasteiger partial charge in [0.1, 0.15) is 24.4 Å². The fourth-order valence-corrected chi connectivity index (χ4v) is 7.99. The molecule has 1 aliphatic rings. The third-order valence-electron chi connectivity index (χ3n) is 12.4. The Morgan fingerprint density at radius 1 is 0.567 bits per heavy atom. The van der Waals surface area contributed by atoms with Crippen molar-refractivity contribution in [1.82, 2.24) is 5.32 Å². The Morgan fingerprint density at radius 2 is 1.07 bits per heavy atom. The van der Waals surface area contributed by atoms with Crippen LogP contribution in [0, 0.1) is 0 Å². The first kappa shape index (κ1) is 62.4. The van der Waals surface area contributed by atoms with Crippen LogP contribution in [0.4, 0.5) is 0 Å². The SMILES string of the molecule is CCC/C=C\C/C=C\CCCCCCCC(=O)OCCCCC/C=C\C=C/CCCCCCCCC(=O)NC(COC1OC(CO)C(O)C(O)C1O)C(O)/C=C/CCCCCCCCCCC. The first-order valence-corrected chi connectivity index (χ1v) is 27.1. The van der Waals surface area contributed by atoms with E-state index in [0.29, 0.717) is 19.4 Å². The zero-order valence-corrected chi connectivity index (χ0v) is 42.3. The number of hydrogen-bond acceptors (Lipinski definition) is 10. The van der Waals surface area contributed by atoms with Gasteiger partial charge < -0.3 is 45.1 Å². The van der Waals surface area contributed by atoms with Crippen molar-refractivity contribution in [3.05, 3.63) is 60.8 Å². The van der Waals surface area contributed by atoms with E-state index in [1.807, 2.05) is 6.08 Å². The van der Waals surface area contributed by atoms with Crippen molar-refractivity contribution in [2.24, 2.45) is 0 Å². The molecule has 0 bridgehead atoms. The summed E-state index contributed by atoms with van der Waals surface area (Å²) in [7, 11) is 0. The molecule has 0 aromatic carbocycles. The first-order chi connectivity index (χ1) is 32.7. The van der Waals surface area contributed by atoms with Gasteiger partial charge in [-0.3, -0.25) is 9.59 Å². The van der Waals surface area contributed by atoms with E-state index in [-0.39, 0.29) is 18.5 Å². The minimum absolute atomic E-state index is 0.0575. The normalized spacial score (nSPS) is 20.0. The maximum absolute atomic E-state index is 13.0. The van der Waals surface area contributed by atoms with Crippen LogP contribution in [0.15, 0.2) is 60.8 Å². The monoisotopic (exact) mass is 946 g/mol. The lowest BCUT2D eigenvalue weighted by molar-refractivity contribution is -0.302. The van der Waals surface area contributed by atoms with Gasteiger partial charge in [-0.25, -0.2) is 0 Å². The van der Waals surface area contributed by atoms with Crippen molar-refractivity contribution in [2.45, 2.75) is 262 Å². The highest BCUT2D eigenvalue weighted by atomic mass is 16.7. The lowest BCUT2D eigenvalue weighted by atomic mass is 9.99. The van der Waals surface area contributed by atoms with Gasteiger partial charge in [0.25, 0.3) is 0 Å². The van der Waals surface area contributed by atoms with Crippen LogP contribution in [0.2, 0.25) is 0 Å². The fraction of sp³-hybridized carbons (Fsp3) is 0.786. The summed E-state index contributed by atoms with van der Waals surface area (Å²) >= 11 is 0. The van der Waals surface area contributed by atoms with Gasteiger partial charge in [-0.2, -0.15) is 0 Å². The number of rotatable bonds is 45. The van der Waals surface area contributed by atoms with Gasteiger partial charge in [0.2, 0.25) is 5.91 Å². The number of unbranched alkanes of at least 4 members (excludes halogenated alkanes) is 24. The van der Waals surface area contributed by atoms with E-state index in [2.05, 4.69) is 67.8 Å². The molecule has 0 radical (unpaired) electrons. The van der Waals surface area contributed by atoms with Crippen LogP contribution in [0.3, 0.4) is 0 Å². The lowest BCUT2D eigenvalue weighted by Crippen LogP contribution is -2.60. The molecular weight excluding hydrogens is 847 g/mol. The maximum Gasteiger partial charge on any atom is 0.305 e.